The molecule has 0 fully saturated rings. The van der Waals surface area contributed by atoms with E-state index in [1.165, 1.54) is 6.07 Å². The number of carbonyl (C=O) groups excluding carboxylic acids is 1. The van der Waals surface area contributed by atoms with Gasteiger partial charge in [-0.2, -0.15) is 18.3 Å². The lowest BCUT2D eigenvalue weighted by molar-refractivity contribution is -0.136. The fraction of sp³-hybridized carbons (Fsp3) is 0.0909. The molecule has 0 amide bonds. The van der Waals surface area contributed by atoms with Gasteiger partial charge in [0.05, 0.1) is 17.8 Å². The summed E-state index contributed by atoms with van der Waals surface area (Å²) < 4.78 is 42.1. The highest BCUT2D eigenvalue weighted by Gasteiger charge is 2.34. The molecule has 0 saturated heterocycles. The van der Waals surface area contributed by atoms with Gasteiger partial charge < -0.3 is 0 Å². The van der Waals surface area contributed by atoms with Crippen LogP contribution < -0.4 is 0 Å². The van der Waals surface area contributed by atoms with Crippen molar-refractivity contribution in [2.24, 2.45) is 0 Å². The number of benzene rings is 3. The van der Waals surface area contributed by atoms with E-state index in [0.717, 1.165) is 11.6 Å². The van der Waals surface area contributed by atoms with E-state index < -0.39 is 11.7 Å². The van der Waals surface area contributed by atoms with Gasteiger partial charge in [0.2, 0.25) is 0 Å². The summed E-state index contributed by atoms with van der Waals surface area (Å²) in [4.78, 5) is 11.2. The van der Waals surface area contributed by atoms with Crippen LogP contribution in [0.4, 0.5) is 13.2 Å². The van der Waals surface area contributed by atoms with Crippen molar-refractivity contribution >= 4 is 17.2 Å². The van der Waals surface area contributed by atoms with Gasteiger partial charge in [0.25, 0.3) is 0 Å². The minimum absolute atomic E-state index is 0.0996. The van der Waals surface area contributed by atoms with Gasteiger partial charge in [-0.05, 0) is 17.7 Å². The molecule has 6 heteroatoms. The van der Waals surface area contributed by atoms with E-state index in [0.29, 0.717) is 35.0 Å². The Morgan fingerprint density at radius 1 is 0.929 bits per heavy atom. The molecule has 0 aliphatic rings. The number of aldehydes is 1. The van der Waals surface area contributed by atoms with Crippen molar-refractivity contribution in [1.29, 1.82) is 0 Å². The zero-order chi connectivity index (χ0) is 19.7. The molecule has 3 nitrogen and oxygen atoms in total. The van der Waals surface area contributed by atoms with Crippen molar-refractivity contribution in [3.63, 3.8) is 0 Å². The first kappa shape index (κ1) is 18.0. The number of alkyl halides is 3. The average molecular weight is 380 g/mol. The van der Waals surface area contributed by atoms with Crippen LogP contribution in [0.2, 0.25) is 0 Å². The van der Waals surface area contributed by atoms with Gasteiger partial charge in [0, 0.05) is 16.5 Å². The van der Waals surface area contributed by atoms with Gasteiger partial charge in [-0.15, -0.1) is 0 Å². The van der Waals surface area contributed by atoms with E-state index in [-0.39, 0.29) is 5.52 Å². The van der Waals surface area contributed by atoms with Crippen molar-refractivity contribution in [2.45, 2.75) is 12.7 Å². The van der Waals surface area contributed by atoms with Crippen LogP contribution in [0.1, 0.15) is 21.5 Å². The number of rotatable bonds is 4. The quantitative estimate of drug-likeness (QED) is 0.433. The van der Waals surface area contributed by atoms with E-state index in [2.05, 4.69) is 5.10 Å². The van der Waals surface area contributed by atoms with Gasteiger partial charge in [-0.1, -0.05) is 60.7 Å². The molecule has 0 N–H and O–H groups in total. The Kier molecular flexibility index (Phi) is 4.47. The molecule has 0 bridgehead atoms. The SMILES string of the molecule is O=Cc1cccc(-c2c3cccc(C(F)(F)F)c3nn2Cc2ccccc2)c1. The van der Waals surface area contributed by atoms with Crippen molar-refractivity contribution in [1.82, 2.24) is 9.78 Å². The van der Waals surface area contributed by atoms with Crippen LogP contribution in [0.5, 0.6) is 0 Å². The second-order valence-corrected chi connectivity index (χ2v) is 6.43. The molecule has 0 atom stereocenters. The van der Waals surface area contributed by atoms with E-state index in [4.69, 9.17) is 0 Å². The molecule has 4 rings (SSSR count). The summed E-state index contributed by atoms with van der Waals surface area (Å²) in [5, 5.41) is 4.71. The fourth-order valence-electron chi connectivity index (χ4n) is 3.32. The third-order valence-electron chi connectivity index (χ3n) is 4.55. The van der Waals surface area contributed by atoms with Crippen LogP contribution in [-0.4, -0.2) is 16.1 Å². The van der Waals surface area contributed by atoms with Gasteiger partial charge in [-0.25, -0.2) is 0 Å². The largest absolute Gasteiger partial charge is 0.418 e. The molecule has 0 spiro atoms. The Hall–Kier alpha value is -3.41. The minimum Gasteiger partial charge on any atom is -0.298 e. The molecule has 0 aliphatic carbocycles. The van der Waals surface area contributed by atoms with Crippen LogP contribution in [0.25, 0.3) is 22.2 Å². The van der Waals surface area contributed by atoms with Crippen LogP contribution in [0.3, 0.4) is 0 Å². The summed E-state index contributed by atoms with van der Waals surface area (Å²) in [5.74, 6) is 0. The predicted octanol–water partition coefficient (Wildman–Crippen LogP) is 5.58. The van der Waals surface area contributed by atoms with Gasteiger partial charge >= 0.3 is 6.18 Å². The molecular weight excluding hydrogens is 365 g/mol. The summed E-state index contributed by atoms with van der Waals surface area (Å²) in [6, 6.07) is 20.2. The van der Waals surface area contributed by atoms with Crippen molar-refractivity contribution in [2.75, 3.05) is 0 Å². The first-order chi connectivity index (χ1) is 13.5. The zero-order valence-corrected chi connectivity index (χ0v) is 14.6. The minimum atomic E-state index is -4.51. The summed E-state index contributed by atoms with van der Waals surface area (Å²) in [7, 11) is 0. The lowest BCUT2D eigenvalue weighted by Crippen LogP contribution is -2.06. The lowest BCUT2D eigenvalue weighted by Gasteiger charge is -2.09. The van der Waals surface area contributed by atoms with Crippen LogP contribution in [-0.2, 0) is 12.7 Å². The summed E-state index contributed by atoms with van der Waals surface area (Å²) >= 11 is 0. The monoisotopic (exact) mass is 380 g/mol. The average Bonchev–Trinajstić information content (AvgIpc) is 3.05. The topological polar surface area (TPSA) is 34.9 Å². The normalized spacial score (nSPS) is 11.7. The Labute approximate surface area is 159 Å². The molecule has 140 valence electrons. The van der Waals surface area contributed by atoms with E-state index in [1.807, 2.05) is 30.3 Å². The molecular formula is C22H15F3N2O. The maximum absolute atomic E-state index is 13.5. The molecule has 0 saturated carbocycles. The standard InChI is InChI=1S/C22H15F3N2O/c23-22(24,25)19-11-5-10-18-20(19)26-27(13-15-6-2-1-3-7-15)21(18)17-9-4-8-16(12-17)14-28/h1-12,14H,13H2. The number of hydrogen-bond donors (Lipinski definition) is 0. The number of aromatic nitrogens is 2. The Bertz CT molecular complexity index is 1150. The maximum atomic E-state index is 13.5. The third kappa shape index (κ3) is 3.29. The van der Waals surface area contributed by atoms with E-state index in [1.54, 1.807) is 35.0 Å². The lowest BCUT2D eigenvalue weighted by atomic mass is 10.0. The second-order valence-electron chi connectivity index (χ2n) is 6.43. The Morgan fingerprint density at radius 2 is 1.68 bits per heavy atom. The molecule has 3 aromatic carbocycles. The Balaban J connectivity index is 1.99. The van der Waals surface area contributed by atoms with Crippen LogP contribution in [0, 0.1) is 0 Å². The molecule has 0 aliphatic heterocycles. The van der Waals surface area contributed by atoms with Gasteiger partial charge in [0.15, 0.2) is 0 Å². The second kappa shape index (κ2) is 6.96. The summed E-state index contributed by atoms with van der Waals surface area (Å²) in [5.41, 5.74) is 1.68. The van der Waals surface area contributed by atoms with E-state index in [9.17, 15) is 18.0 Å². The number of nitrogens with zero attached hydrogens (tertiary/aromatic N) is 2. The Morgan fingerprint density at radius 3 is 2.39 bits per heavy atom. The predicted molar refractivity (Wildman–Crippen MR) is 101 cm³/mol. The zero-order valence-electron chi connectivity index (χ0n) is 14.6. The smallest absolute Gasteiger partial charge is 0.298 e. The van der Waals surface area contributed by atoms with Gasteiger partial charge in [-0.3, -0.25) is 9.48 Å². The van der Waals surface area contributed by atoms with Gasteiger partial charge in [0.1, 0.15) is 11.8 Å². The summed E-state index contributed by atoms with van der Waals surface area (Å²) in [6.07, 6.45) is -3.79. The summed E-state index contributed by atoms with van der Waals surface area (Å²) in [6.45, 7) is 0.313. The molecule has 1 aromatic heterocycles. The molecule has 0 unspecified atom stereocenters. The molecule has 4 aromatic rings. The number of halogens is 3. The molecule has 28 heavy (non-hydrogen) atoms. The first-order valence-electron chi connectivity index (χ1n) is 8.63. The molecule has 1 heterocycles. The molecule has 0 radical (unpaired) electrons. The maximum Gasteiger partial charge on any atom is 0.418 e. The highest BCUT2D eigenvalue weighted by molar-refractivity contribution is 5.96. The fourth-order valence-corrected chi connectivity index (χ4v) is 3.32. The first-order valence-corrected chi connectivity index (χ1v) is 8.63. The highest BCUT2D eigenvalue weighted by atomic mass is 19.4. The third-order valence-corrected chi connectivity index (χ3v) is 4.55. The van der Waals surface area contributed by atoms with Crippen LogP contribution >= 0.6 is 0 Å². The number of fused-ring (bicyclic) bond motifs is 1. The highest BCUT2D eigenvalue weighted by Crippen LogP contribution is 2.38. The number of carbonyl (C=O) groups is 1. The van der Waals surface area contributed by atoms with Crippen LogP contribution in [0.15, 0.2) is 72.8 Å². The number of hydrogen-bond acceptors (Lipinski definition) is 2. The van der Waals surface area contributed by atoms with Crippen molar-refractivity contribution in [3.8, 4) is 11.3 Å². The van der Waals surface area contributed by atoms with Crippen molar-refractivity contribution in [3.05, 3.63) is 89.5 Å². The van der Waals surface area contributed by atoms with Crippen molar-refractivity contribution < 1.29 is 18.0 Å². The van der Waals surface area contributed by atoms with E-state index >= 15 is 0 Å².